The standard InChI is InChI=1S/C30H23ClFN5O4/c1-17-2-11-23(30(40)37(17)20-7-5-19(32)6-8-20)29(39)33-25-12-9-21(14-24(25)31)41-22-10-13-27-34-26(16-36(27)15-22)35-28(38)18-3-4-18/h2,5-16,18H,3-4H2,1H3,(H,33,39)(H,35,38). The van der Waals surface area contributed by atoms with Gasteiger partial charge in [0.1, 0.15) is 28.5 Å². The molecule has 2 aromatic carbocycles. The van der Waals surface area contributed by atoms with E-state index in [-0.39, 0.29) is 22.4 Å². The molecule has 206 valence electrons. The van der Waals surface area contributed by atoms with Gasteiger partial charge in [0.05, 0.1) is 23.1 Å². The summed E-state index contributed by atoms with van der Waals surface area (Å²) in [4.78, 5) is 42.6. The lowest BCUT2D eigenvalue weighted by Crippen LogP contribution is -2.29. The number of pyridine rings is 2. The Bertz CT molecular complexity index is 1880. The Hall–Kier alpha value is -4.96. The molecule has 11 heteroatoms. The van der Waals surface area contributed by atoms with E-state index in [0.29, 0.717) is 40.0 Å². The number of amides is 2. The SMILES string of the molecule is Cc1ccc(C(=O)Nc2ccc(Oc3ccc4nc(NC(=O)C5CC5)cn4c3)cc2Cl)c(=O)n1-c1ccc(F)cc1. The molecule has 0 unspecified atom stereocenters. The molecule has 2 N–H and O–H groups in total. The smallest absolute Gasteiger partial charge is 0.268 e. The summed E-state index contributed by atoms with van der Waals surface area (Å²) >= 11 is 6.44. The molecule has 3 aromatic heterocycles. The summed E-state index contributed by atoms with van der Waals surface area (Å²) < 4.78 is 22.4. The van der Waals surface area contributed by atoms with Crippen molar-refractivity contribution in [1.29, 1.82) is 0 Å². The second kappa shape index (κ2) is 10.5. The fraction of sp³-hybridized carbons (Fsp3) is 0.133. The van der Waals surface area contributed by atoms with Crippen molar-refractivity contribution in [2.24, 2.45) is 5.92 Å². The van der Waals surface area contributed by atoms with E-state index in [1.807, 2.05) is 0 Å². The van der Waals surface area contributed by atoms with Crippen LogP contribution in [0.5, 0.6) is 11.5 Å². The molecular formula is C30H23ClFN5O4. The maximum Gasteiger partial charge on any atom is 0.268 e. The van der Waals surface area contributed by atoms with Crippen LogP contribution in [0.15, 0.2) is 83.9 Å². The number of aryl methyl sites for hydroxylation is 1. The highest BCUT2D eigenvalue weighted by Crippen LogP contribution is 2.32. The van der Waals surface area contributed by atoms with Crippen LogP contribution in [0.25, 0.3) is 11.3 Å². The number of halogens is 2. The molecule has 1 fully saturated rings. The number of hydrogen-bond acceptors (Lipinski definition) is 5. The van der Waals surface area contributed by atoms with Gasteiger partial charge in [-0.1, -0.05) is 11.6 Å². The number of anilines is 2. The van der Waals surface area contributed by atoms with Gasteiger partial charge in [-0.3, -0.25) is 19.0 Å². The van der Waals surface area contributed by atoms with Crippen molar-refractivity contribution >= 4 is 40.6 Å². The van der Waals surface area contributed by atoms with Gasteiger partial charge in [-0.25, -0.2) is 9.37 Å². The predicted octanol–water partition coefficient (Wildman–Crippen LogP) is 5.98. The molecule has 0 radical (unpaired) electrons. The average Bonchev–Trinajstić information content (AvgIpc) is 3.72. The molecule has 41 heavy (non-hydrogen) atoms. The van der Waals surface area contributed by atoms with E-state index in [1.54, 1.807) is 60.1 Å². The van der Waals surface area contributed by atoms with E-state index < -0.39 is 17.3 Å². The zero-order valence-electron chi connectivity index (χ0n) is 21.7. The first-order valence-electron chi connectivity index (χ1n) is 12.8. The second-order valence-corrected chi connectivity index (χ2v) is 10.1. The van der Waals surface area contributed by atoms with Crippen molar-refractivity contribution < 1.29 is 18.7 Å². The van der Waals surface area contributed by atoms with Gasteiger partial charge in [0.25, 0.3) is 11.5 Å². The Kier molecular flexibility index (Phi) is 6.76. The molecule has 6 rings (SSSR count). The highest BCUT2D eigenvalue weighted by molar-refractivity contribution is 6.34. The van der Waals surface area contributed by atoms with Gasteiger partial charge >= 0.3 is 0 Å². The lowest BCUT2D eigenvalue weighted by molar-refractivity contribution is -0.117. The van der Waals surface area contributed by atoms with Gasteiger partial charge in [-0.05, 0) is 80.4 Å². The van der Waals surface area contributed by atoms with Gasteiger partial charge < -0.3 is 19.8 Å². The zero-order valence-corrected chi connectivity index (χ0v) is 22.5. The van der Waals surface area contributed by atoms with E-state index in [9.17, 15) is 18.8 Å². The summed E-state index contributed by atoms with van der Waals surface area (Å²) in [5, 5.41) is 5.70. The maximum absolute atomic E-state index is 13.4. The van der Waals surface area contributed by atoms with E-state index in [2.05, 4.69) is 15.6 Å². The number of fused-ring (bicyclic) bond motifs is 1. The number of carbonyl (C=O) groups is 2. The highest BCUT2D eigenvalue weighted by Gasteiger charge is 2.30. The monoisotopic (exact) mass is 571 g/mol. The Labute approximate surface area is 238 Å². The lowest BCUT2D eigenvalue weighted by atomic mass is 10.2. The van der Waals surface area contributed by atoms with Gasteiger partial charge in [0.2, 0.25) is 5.91 Å². The summed E-state index contributed by atoms with van der Waals surface area (Å²) in [6.45, 7) is 1.72. The zero-order chi connectivity index (χ0) is 28.7. The van der Waals surface area contributed by atoms with Crippen molar-refractivity contribution in [3.05, 3.63) is 112 Å². The summed E-state index contributed by atoms with van der Waals surface area (Å²) in [6, 6.07) is 16.8. The first-order valence-corrected chi connectivity index (χ1v) is 13.2. The van der Waals surface area contributed by atoms with Gasteiger partial charge in [-0.2, -0.15) is 0 Å². The number of hydrogen-bond donors (Lipinski definition) is 2. The van der Waals surface area contributed by atoms with Gasteiger partial charge in [-0.15, -0.1) is 0 Å². The lowest BCUT2D eigenvalue weighted by Gasteiger charge is -2.13. The molecule has 0 saturated heterocycles. The van der Waals surface area contributed by atoms with Crippen molar-refractivity contribution in [1.82, 2.24) is 14.0 Å². The first kappa shape index (κ1) is 26.3. The molecule has 2 amide bonds. The average molecular weight is 572 g/mol. The second-order valence-electron chi connectivity index (χ2n) is 9.72. The van der Waals surface area contributed by atoms with Crippen LogP contribution in [0.4, 0.5) is 15.9 Å². The number of nitrogens with zero attached hydrogens (tertiary/aromatic N) is 3. The van der Waals surface area contributed by atoms with Crippen molar-refractivity contribution in [2.75, 3.05) is 10.6 Å². The number of imidazole rings is 1. The molecule has 1 saturated carbocycles. The van der Waals surface area contributed by atoms with Crippen LogP contribution in [0, 0.1) is 18.7 Å². The molecular weight excluding hydrogens is 549 g/mol. The summed E-state index contributed by atoms with van der Waals surface area (Å²) in [5.74, 6) is 0.381. The number of nitrogens with one attached hydrogen (secondary N) is 2. The molecule has 0 bridgehead atoms. The van der Waals surface area contributed by atoms with Crippen LogP contribution in [-0.4, -0.2) is 25.8 Å². The van der Waals surface area contributed by atoms with Crippen LogP contribution in [0.2, 0.25) is 5.02 Å². The molecule has 0 spiro atoms. The topological polar surface area (TPSA) is 107 Å². The quantitative estimate of drug-likeness (QED) is 0.250. The highest BCUT2D eigenvalue weighted by atomic mass is 35.5. The first-order chi connectivity index (χ1) is 19.7. The number of benzene rings is 2. The molecule has 9 nitrogen and oxygen atoms in total. The predicted molar refractivity (Wildman–Crippen MR) is 153 cm³/mol. The minimum Gasteiger partial charge on any atom is -0.456 e. The number of ether oxygens (including phenoxy) is 1. The van der Waals surface area contributed by atoms with Crippen LogP contribution < -0.4 is 20.9 Å². The molecule has 1 aliphatic rings. The van der Waals surface area contributed by atoms with Crippen LogP contribution in [-0.2, 0) is 4.79 Å². The molecule has 0 aliphatic heterocycles. The fourth-order valence-corrected chi connectivity index (χ4v) is 4.58. The van der Waals surface area contributed by atoms with Crippen LogP contribution in [0.3, 0.4) is 0 Å². The minimum absolute atomic E-state index is 0.0207. The fourth-order valence-electron chi connectivity index (χ4n) is 4.37. The Morgan fingerprint density at radius 1 is 0.976 bits per heavy atom. The van der Waals surface area contributed by atoms with Crippen molar-refractivity contribution in [2.45, 2.75) is 19.8 Å². The Morgan fingerprint density at radius 3 is 2.46 bits per heavy atom. The molecule has 3 heterocycles. The van der Waals surface area contributed by atoms with Crippen molar-refractivity contribution in [3.63, 3.8) is 0 Å². The summed E-state index contributed by atoms with van der Waals surface area (Å²) in [5.41, 5.74) is 1.32. The van der Waals surface area contributed by atoms with E-state index in [1.165, 1.54) is 34.9 Å². The molecule has 0 atom stereocenters. The van der Waals surface area contributed by atoms with E-state index >= 15 is 0 Å². The third kappa shape index (κ3) is 5.55. The third-order valence-corrected chi connectivity index (χ3v) is 6.97. The van der Waals surface area contributed by atoms with Crippen molar-refractivity contribution in [3.8, 4) is 17.2 Å². The normalized spacial score (nSPS) is 12.8. The maximum atomic E-state index is 13.4. The summed E-state index contributed by atoms with van der Waals surface area (Å²) in [6.07, 6.45) is 5.25. The Morgan fingerprint density at radius 2 is 1.73 bits per heavy atom. The van der Waals surface area contributed by atoms with Gasteiger partial charge in [0.15, 0.2) is 5.82 Å². The van der Waals surface area contributed by atoms with Crippen LogP contribution in [0.1, 0.15) is 28.9 Å². The number of aromatic nitrogens is 3. The minimum atomic E-state index is -0.642. The Balaban J connectivity index is 1.17. The van der Waals surface area contributed by atoms with E-state index in [4.69, 9.17) is 16.3 Å². The molecule has 1 aliphatic carbocycles. The number of carbonyl (C=O) groups excluding carboxylic acids is 2. The summed E-state index contributed by atoms with van der Waals surface area (Å²) in [7, 11) is 0. The van der Waals surface area contributed by atoms with Crippen LogP contribution >= 0.6 is 11.6 Å². The largest absolute Gasteiger partial charge is 0.456 e. The van der Waals surface area contributed by atoms with E-state index in [0.717, 1.165) is 12.8 Å². The van der Waals surface area contributed by atoms with Gasteiger partial charge in [0, 0.05) is 23.4 Å². The third-order valence-electron chi connectivity index (χ3n) is 6.65. The number of rotatable bonds is 7. The molecule has 5 aromatic rings.